The maximum atomic E-state index is 13.2. The largest absolute Gasteiger partial charge is 0.457 e. The van der Waals surface area contributed by atoms with E-state index in [1.807, 2.05) is 6.92 Å². The van der Waals surface area contributed by atoms with E-state index in [-0.39, 0.29) is 23.1 Å². The van der Waals surface area contributed by atoms with Crippen molar-refractivity contribution in [2.24, 2.45) is 0 Å². The van der Waals surface area contributed by atoms with Gasteiger partial charge < -0.3 is 4.74 Å². The first-order valence-electron chi connectivity index (χ1n) is 8.91. The van der Waals surface area contributed by atoms with Gasteiger partial charge in [-0.2, -0.15) is 4.31 Å². The summed E-state index contributed by atoms with van der Waals surface area (Å²) < 4.78 is 45.4. The number of piperidine rings is 1. The molecule has 1 saturated heterocycles. The maximum absolute atomic E-state index is 13.2. The molecule has 2 aromatic carbocycles. The molecule has 0 aliphatic carbocycles. The predicted octanol–water partition coefficient (Wildman–Crippen LogP) is 3.75. The Balaban J connectivity index is 1.68. The summed E-state index contributed by atoms with van der Waals surface area (Å²) in [5, 5.41) is 0. The summed E-state index contributed by atoms with van der Waals surface area (Å²) in [6, 6.07) is 11.5. The summed E-state index contributed by atoms with van der Waals surface area (Å²) in [6.07, 6.45) is 2.74. The standard InChI is InChI=1S/C20H22FNO4S/c1-15-5-2-3-12-22(15)27(24,25)19-10-8-17(9-11-19)20(23)26-14-16-6-4-7-18(21)13-16/h4,6-11,13,15H,2-3,5,12,14H2,1H3/t15-/m0/s1. The fourth-order valence-electron chi connectivity index (χ4n) is 3.19. The number of hydrogen-bond acceptors (Lipinski definition) is 4. The van der Waals surface area contributed by atoms with Gasteiger partial charge in [-0.15, -0.1) is 0 Å². The third-order valence-corrected chi connectivity index (χ3v) is 6.73. The van der Waals surface area contributed by atoms with Crippen molar-refractivity contribution in [1.29, 1.82) is 0 Å². The fraction of sp³-hybridized carbons (Fsp3) is 0.350. The first kappa shape index (κ1) is 19.5. The molecule has 1 heterocycles. The molecule has 1 atom stereocenters. The summed E-state index contributed by atoms with van der Waals surface area (Å²) in [4.78, 5) is 12.3. The molecule has 3 rings (SSSR count). The number of ether oxygens (including phenoxy) is 1. The van der Waals surface area contributed by atoms with Gasteiger partial charge in [-0.05, 0) is 61.7 Å². The average Bonchev–Trinajstić information content (AvgIpc) is 2.66. The number of carbonyl (C=O) groups is 1. The summed E-state index contributed by atoms with van der Waals surface area (Å²) >= 11 is 0. The van der Waals surface area contributed by atoms with Crippen LogP contribution in [0.15, 0.2) is 53.4 Å². The third kappa shape index (κ3) is 4.54. The van der Waals surface area contributed by atoms with Gasteiger partial charge in [0.05, 0.1) is 10.5 Å². The molecule has 1 fully saturated rings. The first-order valence-corrected chi connectivity index (χ1v) is 10.4. The van der Waals surface area contributed by atoms with Gasteiger partial charge in [0.15, 0.2) is 0 Å². The van der Waals surface area contributed by atoms with Crippen molar-refractivity contribution in [3.05, 3.63) is 65.5 Å². The van der Waals surface area contributed by atoms with Crippen LogP contribution in [0, 0.1) is 5.82 Å². The molecular weight excluding hydrogens is 369 g/mol. The second-order valence-corrected chi connectivity index (χ2v) is 8.58. The van der Waals surface area contributed by atoms with E-state index < -0.39 is 21.8 Å². The van der Waals surface area contributed by atoms with Gasteiger partial charge >= 0.3 is 5.97 Å². The number of sulfonamides is 1. The number of rotatable bonds is 5. The van der Waals surface area contributed by atoms with Gasteiger partial charge in [-0.3, -0.25) is 0 Å². The molecule has 0 amide bonds. The van der Waals surface area contributed by atoms with E-state index in [9.17, 15) is 17.6 Å². The lowest BCUT2D eigenvalue weighted by Crippen LogP contribution is -2.41. The van der Waals surface area contributed by atoms with Crippen LogP contribution in [0.3, 0.4) is 0 Å². The number of halogens is 1. The van der Waals surface area contributed by atoms with E-state index in [2.05, 4.69) is 0 Å². The molecule has 7 heteroatoms. The van der Waals surface area contributed by atoms with Crippen LogP contribution >= 0.6 is 0 Å². The SMILES string of the molecule is C[C@H]1CCCCN1S(=O)(=O)c1ccc(C(=O)OCc2cccc(F)c2)cc1. The highest BCUT2D eigenvalue weighted by molar-refractivity contribution is 7.89. The van der Waals surface area contributed by atoms with Crippen LogP contribution in [0.4, 0.5) is 4.39 Å². The molecule has 1 aliphatic rings. The van der Waals surface area contributed by atoms with Gasteiger partial charge in [0, 0.05) is 12.6 Å². The topological polar surface area (TPSA) is 63.7 Å². The Hall–Kier alpha value is -2.25. The van der Waals surface area contributed by atoms with Crippen molar-refractivity contribution in [3.63, 3.8) is 0 Å². The Kier molecular flexibility index (Phi) is 5.92. The summed E-state index contributed by atoms with van der Waals surface area (Å²) in [6.45, 7) is 2.37. The number of benzene rings is 2. The van der Waals surface area contributed by atoms with Crippen molar-refractivity contribution < 1.29 is 22.3 Å². The molecule has 0 spiro atoms. The lowest BCUT2D eigenvalue weighted by Gasteiger charge is -2.32. The minimum atomic E-state index is -3.57. The number of nitrogens with zero attached hydrogens (tertiary/aromatic N) is 1. The van der Waals surface area contributed by atoms with E-state index in [1.54, 1.807) is 12.1 Å². The van der Waals surface area contributed by atoms with Crippen molar-refractivity contribution >= 4 is 16.0 Å². The predicted molar refractivity (Wildman–Crippen MR) is 99.2 cm³/mol. The van der Waals surface area contributed by atoms with E-state index in [1.165, 1.54) is 40.7 Å². The van der Waals surface area contributed by atoms with Crippen LogP contribution < -0.4 is 0 Å². The van der Waals surface area contributed by atoms with Crippen molar-refractivity contribution in [2.75, 3.05) is 6.54 Å². The van der Waals surface area contributed by atoms with Crippen molar-refractivity contribution in [3.8, 4) is 0 Å². The highest BCUT2D eigenvalue weighted by Crippen LogP contribution is 2.25. The Labute approximate surface area is 158 Å². The molecule has 0 unspecified atom stereocenters. The average molecular weight is 391 g/mol. The minimum Gasteiger partial charge on any atom is -0.457 e. The van der Waals surface area contributed by atoms with E-state index in [4.69, 9.17) is 4.74 Å². The smallest absolute Gasteiger partial charge is 0.338 e. The molecular formula is C20H22FNO4S. The van der Waals surface area contributed by atoms with Gasteiger partial charge in [-0.1, -0.05) is 18.6 Å². The van der Waals surface area contributed by atoms with Crippen LogP contribution in [0.25, 0.3) is 0 Å². The first-order chi connectivity index (χ1) is 12.9. The highest BCUT2D eigenvalue weighted by atomic mass is 32.2. The molecule has 144 valence electrons. The van der Waals surface area contributed by atoms with Crippen LogP contribution in [0.2, 0.25) is 0 Å². The van der Waals surface area contributed by atoms with Crippen LogP contribution in [-0.4, -0.2) is 31.3 Å². The van der Waals surface area contributed by atoms with Crippen LogP contribution in [0.5, 0.6) is 0 Å². The van der Waals surface area contributed by atoms with E-state index in [0.29, 0.717) is 12.1 Å². The zero-order valence-corrected chi connectivity index (χ0v) is 15.9. The van der Waals surface area contributed by atoms with Gasteiger partial charge in [-0.25, -0.2) is 17.6 Å². The molecule has 2 aromatic rings. The quantitative estimate of drug-likeness (QED) is 0.729. The molecule has 0 radical (unpaired) electrons. The molecule has 0 aromatic heterocycles. The minimum absolute atomic E-state index is 0.0281. The number of esters is 1. The van der Waals surface area contributed by atoms with E-state index in [0.717, 1.165) is 19.3 Å². The zero-order chi connectivity index (χ0) is 19.4. The third-order valence-electron chi connectivity index (χ3n) is 4.70. The Bertz CT molecular complexity index is 912. The Morgan fingerprint density at radius 3 is 2.59 bits per heavy atom. The van der Waals surface area contributed by atoms with Gasteiger partial charge in [0.2, 0.25) is 10.0 Å². The lowest BCUT2D eigenvalue weighted by atomic mass is 10.1. The zero-order valence-electron chi connectivity index (χ0n) is 15.1. The van der Waals surface area contributed by atoms with Crippen molar-refractivity contribution in [2.45, 2.75) is 43.7 Å². The summed E-state index contributed by atoms with van der Waals surface area (Å²) in [7, 11) is -3.57. The fourth-order valence-corrected chi connectivity index (χ4v) is 4.89. The molecule has 1 aliphatic heterocycles. The van der Waals surface area contributed by atoms with Crippen LogP contribution in [-0.2, 0) is 21.4 Å². The molecule has 27 heavy (non-hydrogen) atoms. The molecule has 5 nitrogen and oxygen atoms in total. The van der Waals surface area contributed by atoms with Crippen LogP contribution in [0.1, 0.15) is 42.1 Å². The maximum Gasteiger partial charge on any atom is 0.338 e. The normalized spacial score (nSPS) is 18.2. The lowest BCUT2D eigenvalue weighted by molar-refractivity contribution is 0.0472. The molecule has 0 bridgehead atoms. The number of carbonyl (C=O) groups excluding carboxylic acids is 1. The molecule has 0 saturated carbocycles. The second-order valence-electron chi connectivity index (χ2n) is 6.69. The summed E-state index contributed by atoms with van der Waals surface area (Å²) in [5.74, 6) is -0.986. The highest BCUT2D eigenvalue weighted by Gasteiger charge is 2.30. The number of hydrogen-bond donors (Lipinski definition) is 0. The molecule has 0 N–H and O–H groups in total. The van der Waals surface area contributed by atoms with Gasteiger partial charge in [0.25, 0.3) is 0 Å². The Morgan fingerprint density at radius 2 is 1.93 bits per heavy atom. The summed E-state index contributed by atoms with van der Waals surface area (Å²) in [5.41, 5.74) is 0.790. The Morgan fingerprint density at radius 1 is 1.19 bits per heavy atom. The van der Waals surface area contributed by atoms with Gasteiger partial charge in [0.1, 0.15) is 12.4 Å². The monoisotopic (exact) mass is 391 g/mol. The van der Waals surface area contributed by atoms with Crippen molar-refractivity contribution in [1.82, 2.24) is 4.31 Å². The second kappa shape index (κ2) is 8.19. The van der Waals surface area contributed by atoms with E-state index >= 15 is 0 Å².